The number of rotatable bonds is 5. The summed E-state index contributed by atoms with van der Waals surface area (Å²) in [6, 6.07) is 7.22. The number of benzene rings is 1. The molecule has 20 heavy (non-hydrogen) atoms. The SMILES string of the molecule is CCCOc1ccc(Oc2nc(N)c(F)cc2F)cc1. The van der Waals surface area contributed by atoms with Gasteiger partial charge in [-0.2, -0.15) is 4.98 Å². The number of nitrogen functional groups attached to an aromatic ring is 1. The summed E-state index contributed by atoms with van der Waals surface area (Å²) in [5, 5.41) is 0. The summed E-state index contributed by atoms with van der Waals surface area (Å²) in [7, 11) is 0. The smallest absolute Gasteiger partial charge is 0.258 e. The second-order valence-electron chi connectivity index (χ2n) is 4.06. The Hall–Kier alpha value is -2.37. The highest BCUT2D eigenvalue weighted by Gasteiger charge is 2.11. The third-order valence-corrected chi connectivity index (χ3v) is 2.44. The molecule has 0 atom stereocenters. The van der Waals surface area contributed by atoms with Crippen molar-refractivity contribution in [2.75, 3.05) is 12.3 Å². The lowest BCUT2D eigenvalue weighted by molar-refractivity contribution is 0.317. The topological polar surface area (TPSA) is 57.4 Å². The van der Waals surface area contributed by atoms with Gasteiger partial charge in [0.2, 0.25) is 0 Å². The zero-order valence-electron chi connectivity index (χ0n) is 10.9. The molecule has 2 aromatic rings. The normalized spacial score (nSPS) is 10.3. The predicted molar refractivity (Wildman–Crippen MR) is 70.9 cm³/mol. The molecule has 0 saturated heterocycles. The van der Waals surface area contributed by atoms with Gasteiger partial charge < -0.3 is 15.2 Å². The van der Waals surface area contributed by atoms with Crippen LogP contribution in [0.5, 0.6) is 17.4 Å². The molecule has 2 N–H and O–H groups in total. The van der Waals surface area contributed by atoms with Crippen molar-refractivity contribution in [2.45, 2.75) is 13.3 Å². The number of hydrogen-bond acceptors (Lipinski definition) is 4. The Kier molecular flexibility index (Phi) is 4.34. The van der Waals surface area contributed by atoms with Gasteiger partial charge >= 0.3 is 0 Å². The maximum absolute atomic E-state index is 13.5. The molecule has 0 spiro atoms. The highest BCUT2D eigenvalue weighted by atomic mass is 19.1. The minimum atomic E-state index is -0.918. The number of pyridine rings is 1. The van der Waals surface area contributed by atoms with Gasteiger partial charge in [0.05, 0.1) is 6.61 Å². The van der Waals surface area contributed by atoms with E-state index in [0.717, 1.165) is 6.42 Å². The molecule has 1 aromatic carbocycles. The van der Waals surface area contributed by atoms with Gasteiger partial charge in [-0.05, 0) is 30.7 Å². The standard InChI is InChI=1S/C14H14F2N2O2/c1-2-7-19-9-3-5-10(6-4-9)20-14-12(16)8-11(15)13(17)18-14/h3-6,8H,2,7H2,1H3,(H2,17,18). The average Bonchev–Trinajstić information content (AvgIpc) is 2.44. The second-order valence-corrected chi connectivity index (χ2v) is 4.06. The van der Waals surface area contributed by atoms with Crippen molar-refractivity contribution in [3.63, 3.8) is 0 Å². The fraction of sp³-hybridized carbons (Fsp3) is 0.214. The lowest BCUT2D eigenvalue weighted by Crippen LogP contribution is -2.00. The van der Waals surface area contributed by atoms with Crippen LogP contribution >= 0.6 is 0 Å². The van der Waals surface area contributed by atoms with Gasteiger partial charge in [-0.15, -0.1) is 0 Å². The van der Waals surface area contributed by atoms with Crippen LogP contribution in [0.1, 0.15) is 13.3 Å². The van der Waals surface area contributed by atoms with Crippen LogP contribution in [0.2, 0.25) is 0 Å². The zero-order valence-corrected chi connectivity index (χ0v) is 10.9. The first-order chi connectivity index (χ1) is 9.60. The summed E-state index contributed by atoms with van der Waals surface area (Å²) in [6.45, 7) is 2.62. The molecule has 0 fully saturated rings. The summed E-state index contributed by atoms with van der Waals surface area (Å²) in [5.74, 6) is -1.57. The first kappa shape index (κ1) is 14.0. The average molecular weight is 280 g/mol. The molecule has 0 bridgehead atoms. The van der Waals surface area contributed by atoms with Crippen LogP contribution in [0, 0.1) is 11.6 Å². The van der Waals surface area contributed by atoms with E-state index in [4.69, 9.17) is 15.2 Å². The van der Waals surface area contributed by atoms with E-state index in [9.17, 15) is 8.78 Å². The van der Waals surface area contributed by atoms with E-state index >= 15 is 0 Å². The molecule has 1 aromatic heterocycles. The van der Waals surface area contributed by atoms with E-state index in [1.54, 1.807) is 24.3 Å². The Morgan fingerprint density at radius 3 is 2.40 bits per heavy atom. The summed E-state index contributed by atoms with van der Waals surface area (Å²) in [5.41, 5.74) is 5.27. The van der Waals surface area contributed by atoms with Crippen LogP contribution in [0.3, 0.4) is 0 Å². The number of aromatic nitrogens is 1. The van der Waals surface area contributed by atoms with Gasteiger partial charge in [-0.3, -0.25) is 0 Å². The lowest BCUT2D eigenvalue weighted by Gasteiger charge is -2.08. The van der Waals surface area contributed by atoms with Crippen molar-refractivity contribution in [1.29, 1.82) is 0 Å². The molecule has 106 valence electrons. The van der Waals surface area contributed by atoms with Gasteiger partial charge in [0.1, 0.15) is 11.5 Å². The molecule has 0 aliphatic heterocycles. The summed E-state index contributed by atoms with van der Waals surface area (Å²) >= 11 is 0. The Morgan fingerprint density at radius 1 is 1.10 bits per heavy atom. The second kappa shape index (κ2) is 6.18. The van der Waals surface area contributed by atoms with Gasteiger partial charge in [0, 0.05) is 6.07 Å². The first-order valence-corrected chi connectivity index (χ1v) is 6.12. The van der Waals surface area contributed by atoms with Crippen molar-refractivity contribution in [1.82, 2.24) is 4.98 Å². The quantitative estimate of drug-likeness (QED) is 0.910. The number of ether oxygens (including phenoxy) is 2. The number of halogens is 2. The molecule has 0 saturated carbocycles. The highest BCUT2D eigenvalue weighted by molar-refractivity contribution is 5.38. The minimum Gasteiger partial charge on any atom is -0.494 e. The van der Waals surface area contributed by atoms with E-state index in [1.807, 2.05) is 6.92 Å². The Labute approximate surface area is 115 Å². The lowest BCUT2D eigenvalue weighted by atomic mass is 10.3. The van der Waals surface area contributed by atoms with E-state index in [-0.39, 0.29) is 5.88 Å². The number of nitrogens with two attached hydrogens (primary N) is 1. The number of hydrogen-bond donors (Lipinski definition) is 1. The van der Waals surface area contributed by atoms with Gasteiger partial charge in [0.25, 0.3) is 5.88 Å². The van der Waals surface area contributed by atoms with E-state index in [2.05, 4.69) is 4.98 Å². The molecule has 2 rings (SSSR count). The molecule has 6 heteroatoms. The predicted octanol–water partition coefficient (Wildman–Crippen LogP) is 3.52. The van der Waals surface area contributed by atoms with Crippen LogP contribution in [0.25, 0.3) is 0 Å². The Balaban J connectivity index is 2.12. The van der Waals surface area contributed by atoms with E-state index in [0.29, 0.717) is 24.2 Å². The van der Waals surface area contributed by atoms with Crippen LogP contribution in [0.15, 0.2) is 30.3 Å². The zero-order chi connectivity index (χ0) is 14.5. The van der Waals surface area contributed by atoms with Crippen molar-refractivity contribution < 1.29 is 18.3 Å². The molecular formula is C14H14F2N2O2. The summed E-state index contributed by atoms with van der Waals surface area (Å²) in [6.07, 6.45) is 0.905. The summed E-state index contributed by atoms with van der Waals surface area (Å²) < 4.78 is 37.0. The molecule has 4 nitrogen and oxygen atoms in total. The van der Waals surface area contributed by atoms with Gasteiger partial charge in [-0.25, -0.2) is 8.78 Å². The third kappa shape index (κ3) is 3.34. The van der Waals surface area contributed by atoms with Crippen molar-refractivity contribution >= 4 is 5.82 Å². The van der Waals surface area contributed by atoms with Gasteiger partial charge in [0.15, 0.2) is 17.5 Å². The summed E-state index contributed by atoms with van der Waals surface area (Å²) in [4.78, 5) is 3.51. The maximum Gasteiger partial charge on any atom is 0.258 e. The monoisotopic (exact) mass is 280 g/mol. The fourth-order valence-electron chi connectivity index (χ4n) is 1.47. The van der Waals surface area contributed by atoms with Crippen LogP contribution in [-0.4, -0.2) is 11.6 Å². The first-order valence-electron chi connectivity index (χ1n) is 6.12. The van der Waals surface area contributed by atoms with Crippen molar-refractivity contribution in [3.05, 3.63) is 42.0 Å². The van der Waals surface area contributed by atoms with Crippen molar-refractivity contribution in [2.24, 2.45) is 0 Å². The number of anilines is 1. The molecule has 0 unspecified atom stereocenters. The van der Waals surface area contributed by atoms with E-state index < -0.39 is 17.5 Å². The minimum absolute atomic E-state index is 0.353. The molecule has 0 aliphatic carbocycles. The molecule has 0 aliphatic rings. The molecule has 0 radical (unpaired) electrons. The van der Waals surface area contributed by atoms with Crippen LogP contribution < -0.4 is 15.2 Å². The Bertz CT molecular complexity index is 588. The molecule has 1 heterocycles. The van der Waals surface area contributed by atoms with Crippen LogP contribution in [0.4, 0.5) is 14.6 Å². The van der Waals surface area contributed by atoms with E-state index in [1.165, 1.54) is 0 Å². The van der Waals surface area contributed by atoms with Crippen molar-refractivity contribution in [3.8, 4) is 17.4 Å². The third-order valence-electron chi connectivity index (χ3n) is 2.44. The molecule has 0 amide bonds. The van der Waals surface area contributed by atoms with Crippen LogP contribution in [-0.2, 0) is 0 Å². The number of nitrogens with zero attached hydrogens (tertiary/aromatic N) is 1. The largest absolute Gasteiger partial charge is 0.494 e. The maximum atomic E-state index is 13.5. The Morgan fingerprint density at radius 2 is 1.75 bits per heavy atom. The highest BCUT2D eigenvalue weighted by Crippen LogP contribution is 2.26. The van der Waals surface area contributed by atoms with Gasteiger partial charge in [-0.1, -0.05) is 6.92 Å². The molecular weight excluding hydrogens is 266 g/mol. The fourth-order valence-corrected chi connectivity index (χ4v) is 1.47.